The molecule has 0 radical (unpaired) electrons. The van der Waals surface area contributed by atoms with Crippen molar-refractivity contribution in [1.29, 1.82) is 0 Å². The second-order valence-electron chi connectivity index (χ2n) is 12.1. The van der Waals surface area contributed by atoms with Gasteiger partial charge in [0, 0.05) is 0 Å². The zero-order chi connectivity index (χ0) is 26.3. The Morgan fingerprint density at radius 1 is 0.429 bits per heavy atom. The molecule has 188 valence electrons. The van der Waals surface area contributed by atoms with Crippen molar-refractivity contribution in [2.45, 2.75) is 99.7 Å². The third kappa shape index (κ3) is 4.31. The van der Waals surface area contributed by atoms with E-state index in [1.807, 2.05) is 0 Å². The summed E-state index contributed by atoms with van der Waals surface area (Å²) in [5.74, 6) is 0. The van der Waals surface area contributed by atoms with Crippen LogP contribution in [0, 0.1) is 41.5 Å². The summed E-state index contributed by atoms with van der Waals surface area (Å²) in [5, 5.41) is 5.01. The van der Waals surface area contributed by atoms with Crippen LogP contribution in [0.15, 0.2) is 54.6 Å². The van der Waals surface area contributed by atoms with Gasteiger partial charge in [-0.05, 0) is 57.1 Å². The van der Waals surface area contributed by atoms with Crippen molar-refractivity contribution in [1.82, 2.24) is 0 Å². The Morgan fingerprint density at radius 3 is 0.914 bits per heavy atom. The molecule has 0 N–H and O–H groups in total. The number of rotatable bonds is 7. The molecule has 2 heteroatoms. The average molecular weight is 501 g/mol. The van der Waals surface area contributed by atoms with Crippen molar-refractivity contribution in [3.63, 3.8) is 0 Å². The van der Waals surface area contributed by atoms with Crippen molar-refractivity contribution < 1.29 is 0 Å². The molecule has 0 nitrogen and oxygen atoms in total. The highest BCUT2D eigenvalue weighted by Gasteiger charge is 2.63. The molecule has 0 aliphatic rings. The molecule has 3 rings (SSSR count). The van der Waals surface area contributed by atoms with Gasteiger partial charge in [0.1, 0.15) is 7.59 Å². The molecule has 0 heterocycles. The van der Waals surface area contributed by atoms with Gasteiger partial charge >= 0.3 is 0 Å². The first-order chi connectivity index (χ1) is 16.3. The van der Waals surface area contributed by atoms with Crippen LogP contribution in [0.5, 0.6) is 0 Å². The van der Waals surface area contributed by atoms with Crippen LogP contribution in [0.25, 0.3) is 0 Å². The molecule has 0 unspecified atom stereocenters. The smallest absolute Gasteiger partial charge is 0.0653 e. The standard InChI is InChI=1S/C33H48Si2/c1-22(2)34(23(3)4,24(5)6)35(31-19-25(7)13-16-28(31)10,32-20-26(8)14-17-29(32)11)33-21-27(9)15-18-30(33)12/h13-24H,1-12H3. The minimum atomic E-state index is -2.48. The number of hydrogen-bond donors (Lipinski definition) is 0. The Morgan fingerprint density at radius 2 is 0.686 bits per heavy atom. The van der Waals surface area contributed by atoms with Gasteiger partial charge in [-0.3, -0.25) is 0 Å². The van der Waals surface area contributed by atoms with E-state index < -0.39 is 15.2 Å². The van der Waals surface area contributed by atoms with E-state index >= 15 is 0 Å². The van der Waals surface area contributed by atoms with Crippen LogP contribution in [-0.2, 0) is 0 Å². The fraction of sp³-hybridized carbons (Fsp3) is 0.455. The molecule has 3 aromatic carbocycles. The van der Waals surface area contributed by atoms with E-state index in [0.29, 0.717) is 16.6 Å². The monoisotopic (exact) mass is 500 g/mol. The van der Waals surface area contributed by atoms with E-state index in [9.17, 15) is 0 Å². The third-order valence-electron chi connectivity index (χ3n) is 8.91. The van der Waals surface area contributed by atoms with Gasteiger partial charge < -0.3 is 0 Å². The van der Waals surface area contributed by atoms with E-state index in [4.69, 9.17) is 0 Å². The van der Waals surface area contributed by atoms with Crippen LogP contribution in [-0.4, -0.2) is 15.2 Å². The summed E-state index contributed by atoms with van der Waals surface area (Å²) in [6.45, 7) is 29.4. The number of hydrogen-bond acceptors (Lipinski definition) is 0. The molecule has 35 heavy (non-hydrogen) atoms. The molecule has 0 aliphatic carbocycles. The maximum Gasteiger partial charge on any atom is 0.141 e. The molecule has 0 spiro atoms. The van der Waals surface area contributed by atoms with E-state index in [0.717, 1.165) is 0 Å². The van der Waals surface area contributed by atoms with Crippen LogP contribution < -0.4 is 15.6 Å². The van der Waals surface area contributed by atoms with Crippen LogP contribution in [0.4, 0.5) is 0 Å². The quantitative estimate of drug-likeness (QED) is 0.230. The summed E-state index contributed by atoms with van der Waals surface area (Å²) >= 11 is 0. The molecule has 0 saturated heterocycles. The van der Waals surface area contributed by atoms with Gasteiger partial charge in [0.25, 0.3) is 0 Å². The predicted molar refractivity (Wildman–Crippen MR) is 163 cm³/mol. The lowest BCUT2D eigenvalue weighted by Crippen LogP contribution is -2.86. The van der Waals surface area contributed by atoms with Crippen molar-refractivity contribution >= 4 is 30.7 Å². The van der Waals surface area contributed by atoms with Gasteiger partial charge in [0.15, 0.2) is 0 Å². The molecular weight excluding hydrogens is 453 g/mol. The highest BCUT2D eigenvalue weighted by atomic mass is 29.3. The predicted octanol–water partition coefficient (Wildman–Crippen LogP) is 7.76. The van der Waals surface area contributed by atoms with Gasteiger partial charge in [-0.2, -0.15) is 0 Å². The average Bonchev–Trinajstić information content (AvgIpc) is 2.76. The highest BCUT2D eigenvalue weighted by Crippen LogP contribution is 2.48. The largest absolute Gasteiger partial charge is 0.141 e. The molecule has 0 fully saturated rings. The summed E-state index contributed by atoms with van der Waals surface area (Å²) in [4.78, 5) is 0. The fourth-order valence-electron chi connectivity index (χ4n) is 7.85. The third-order valence-corrected chi connectivity index (χ3v) is 31.5. The molecule has 0 saturated carbocycles. The lowest BCUT2D eigenvalue weighted by atomic mass is 10.1. The Labute approximate surface area is 218 Å². The molecular formula is C33H48Si2. The fourth-order valence-corrected chi connectivity index (χ4v) is 34.5. The first-order valence-electron chi connectivity index (χ1n) is 13.5. The molecule has 0 aromatic heterocycles. The maximum absolute atomic E-state index is 2.60. The van der Waals surface area contributed by atoms with Gasteiger partial charge in [0.05, 0.1) is 7.59 Å². The van der Waals surface area contributed by atoms with Gasteiger partial charge in [-0.15, -0.1) is 0 Å². The summed E-state index contributed by atoms with van der Waals surface area (Å²) in [5.41, 5.74) is 10.6. The van der Waals surface area contributed by atoms with Gasteiger partial charge in [0.2, 0.25) is 0 Å². The lowest BCUT2D eigenvalue weighted by Gasteiger charge is -2.58. The van der Waals surface area contributed by atoms with Crippen molar-refractivity contribution in [3.8, 4) is 0 Å². The van der Waals surface area contributed by atoms with Crippen molar-refractivity contribution in [3.05, 3.63) is 88.0 Å². The van der Waals surface area contributed by atoms with Crippen LogP contribution in [0.2, 0.25) is 16.6 Å². The highest BCUT2D eigenvalue weighted by molar-refractivity contribution is 7.57. The first kappa shape index (κ1) is 27.7. The van der Waals surface area contributed by atoms with Crippen molar-refractivity contribution in [2.75, 3.05) is 0 Å². The Hall–Kier alpha value is -1.91. The summed E-state index contributed by atoms with van der Waals surface area (Å²) in [7, 11) is -4.54. The topological polar surface area (TPSA) is 0 Å². The number of aryl methyl sites for hydroxylation is 6. The lowest BCUT2D eigenvalue weighted by molar-refractivity contribution is 0.844. The Bertz CT molecular complexity index is 1050. The normalized spacial score (nSPS) is 12.8. The Balaban J connectivity index is 2.83. The molecule has 0 bridgehead atoms. The van der Waals surface area contributed by atoms with E-state index in [1.165, 1.54) is 33.4 Å². The zero-order valence-electron chi connectivity index (χ0n) is 24.4. The summed E-state index contributed by atoms with van der Waals surface area (Å²) in [6.07, 6.45) is 0. The van der Waals surface area contributed by atoms with E-state index in [-0.39, 0.29) is 0 Å². The SMILES string of the molecule is Cc1ccc(C)c([Si](c2cc(C)ccc2C)(c2cc(C)ccc2C)[Si](C(C)C)(C(C)C)C(C)C)c1. The molecule has 0 amide bonds. The van der Waals surface area contributed by atoms with E-state index in [2.05, 4.69) is 138 Å². The second kappa shape index (κ2) is 10.2. The molecule has 0 atom stereocenters. The summed E-state index contributed by atoms with van der Waals surface area (Å²) in [6, 6.07) is 21.9. The Kier molecular flexibility index (Phi) is 8.08. The van der Waals surface area contributed by atoms with Crippen LogP contribution in [0.3, 0.4) is 0 Å². The first-order valence-corrected chi connectivity index (χ1v) is 18.8. The number of benzene rings is 3. The summed E-state index contributed by atoms with van der Waals surface area (Å²) < 4.78 is 0. The second-order valence-corrected chi connectivity index (χ2v) is 25.4. The van der Waals surface area contributed by atoms with Gasteiger partial charge in [-0.1, -0.05) is 146 Å². The van der Waals surface area contributed by atoms with Gasteiger partial charge in [-0.25, -0.2) is 0 Å². The van der Waals surface area contributed by atoms with E-state index in [1.54, 1.807) is 15.6 Å². The van der Waals surface area contributed by atoms with Crippen LogP contribution >= 0.6 is 0 Å². The minimum absolute atomic E-state index is 0.661. The zero-order valence-corrected chi connectivity index (χ0v) is 26.4. The maximum atomic E-state index is 2.60. The molecule has 0 aliphatic heterocycles. The molecule has 3 aromatic rings. The minimum Gasteiger partial charge on any atom is -0.0653 e. The van der Waals surface area contributed by atoms with Crippen molar-refractivity contribution in [2.24, 2.45) is 0 Å². The van der Waals surface area contributed by atoms with Crippen LogP contribution in [0.1, 0.15) is 74.9 Å².